The lowest BCUT2D eigenvalue weighted by Crippen LogP contribution is -1.96. The van der Waals surface area contributed by atoms with Crippen LogP contribution in [-0.2, 0) is 17.6 Å². The van der Waals surface area contributed by atoms with E-state index in [1.807, 2.05) is 6.07 Å². The lowest BCUT2D eigenvalue weighted by atomic mass is 9.99. The van der Waals surface area contributed by atoms with Gasteiger partial charge in [0.25, 0.3) is 0 Å². The summed E-state index contributed by atoms with van der Waals surface area (Å²) in [4.78, 5) is 0. The Morgan fingerprint density at radius 1 is 1.09 bits per heavy atom. The van der Waals surface area contributed by atoms with Crippen LogP contribution in [0.25, 0.3) is 0 Å². The molecular weight excluding hydrogens is 268 g/mol. The molecule has 0 atom stereocenters. The molecule has 1 heteroatoms. The monoisotopic (exact) mass is 293 g/mol. The lowest BCUT2D eigenvalue weighted by Gasteiger charge is -2.07. The van der Waals surface area contributed by atoms with Gasteiger partial charge in [0, 0.05) is 6.61 Å². The summed E-state index contributed by atoms with van der Waals surface area (Å²) in [6, 6.07) is 18.3. The van der Waals surface area contributed by atoms with Crippen molar-refractivity contribution in [3.8, 4) is 0 Å². The van der Waals surface area contributed by atoms with E-state index in [4.69, 9.17) is 4.74 Å². The Hall–Kier alpha value is -1.86. The zero-order chi connectivity index (χ0) is 15.6. The molecule has 0 aromatic heterocycles. The average Bonchev–Trinajstić information content (AvgIpc) is 2.54. The largest absolute Gasteiger partial charge is 0.377 e. The molecule has 0 aliphatic heterocycles. The van der Waals surface area contributed by atoms with Crippen molar-refractivity contribution in [1.29, 1.82) is 0 Å². The van der Waals surface area contributed by atoms with Crippen LogP contribution in [0.15, 0.2) is 55.1 Å². The summed E-state index contributed by atoms with van der Waals surface area (Å²) in [6.07, 6.45) is 6.19. The highest BCUT2D eigenvalue weighted by Crippen LogP contribution is 2.15. The Kier molecular flexibility index (Phi) is 6.92. The second kappa shape index (κ2) is 9.22. The predicted octanol–water partition coefficient (Wildman–Crippen LogP) is 4.91. The van der Waals surface area contributed by atoms with Crippen molar-refractivity contribution >= 4 is 0 Å². The fraction of sp³-hybridized carbons (Fsp3) is 0.333. The minimum atomic E-state index is 0.658. The van der Waals surface area contributed by atoms with Crippen molar-refractivity contribution in [2.24, 2.45) is 0 Å². The molecule has 0 unspecified atom stereocenters. The van der Waals surface area contributed by atoms with Crippen molar-refractivity contribution in [2.45, 2.75) is 32.6 Å². The highest BCUT2D eigenvalue weighted by Gasteiger charge is 2.00. The lowest BCUT2D eigenvalue weighted by molar-refractivity contribution is 0.158. The molecule has 2 aromatic carbocycles. The number of ether oxygens (including phenoxy) is 1. The Morgan fingerprint density at radius 3 is 2.59 bits per heavy atom. The van der Waals surface area contributed by atoms with Crippen LogP contribution in [0.4, 0.5) is 0 Å². The van der Waals surface area contributed by atoms with Crippen molar-refractivity contribution in [3.63, 3.8) is 0 Å². The minimum absolute atomic E-state index is 0.658. The molecule has 2 aromatic rings. The first-order valence-electron chi connectivity index (χ1n) is 8.01. The Morgan fingerprint density at radius 2 is 1.86 bits per heavy atom. The van der Waals surface area contributed by atoms with Gasteiger partial charge in [0.05, 0.1) is 6.61 Å². The van der Waals surface area contributed by atoms with E-state index in [1.165, 1.54) is 28.7 Å². The summed E-state index contributed by atoms with van der Waals surface area (Å²) >= 11 is 0. The molecular formula is C21H25O. The van der Waals surface area contributed by atoms with Crippen LogP contribution in [-0.4, -0.2) is 13.2 Å². The van der Waals surface area contributed by atoms with E-state index in [0.717, 1.165) is 25.9 Å². The van der Waals surface area contributed by atoms with Crippen LogP contribution in [0.5, 0.6) is 0 Å². The Bertz CT molecular complexity index is 569. The van der Waals surface area contributed by atoms with E-state index in [2.05, 4.69) is 56.0 Å². The third-order valence-corrected chi connectivity index (χ3v) is 3.84. The molecule has 0 saturated carbocycles. The van der Waals surface area contributed by atoms with Gasteiger partial charge in [-0.05, 0) is 60.9 Å². The van der Waals surface area contributed by atoms with E-state index in [9.17, 15) is 0 Å². The summed E-state index contributed by atoms with van der Waals surface area (Å²) in [7, 11) is 0. The third-order valence-electron chi connectivity index (χ3n) is 3.84. The van der Waals surface area contributed by atoms with E-state index in [0.29, 0.717) is 6.61 Å². The maximum absolute atomic E-state index is 5.40. The van der Waals surface area contributed by atoms with Crippen LogP contribution < -0.4 is 0 Å². The van der Waals surface area contributed by atoms with Crippen molar-refractivity contribution in [3.05, 3.63) is 83.4 Å². The molecule has 0 bridgehead atoms. The van der Waals surface area contributed by atoms with Gasteiger partial charge in [-0.2, -0.15) is 0 Å². The second-order valence-electron chi connectivity index (χ2n) is 5.67. The highest BCUT2D eigenvalue weighted by molar-refractivity contribution is 5.32. The maximum Gasteiger partial charge on any atom is 0.0644 e. The maximum atomic E-state index is 5.40. The molecule has 1 nitrogen and oxygen atoms in total. The van der Waals surface area contributed by atoms with E-state index in [-0.39, 0.29) is 0 Å². The third kappa shape index (κ3) is 5.50. The summed E-state index contributed by atoms with van der Waals surface area (Å²) in [5.41, 5.74) is 5.47. The van der Waals surface area contributed by atoms with Crippen LogP contribution in [0.1, 0.15) is 35.1 Å². The van der Waals surface area contributed by atoms with Gasteiger partial charge in [0.1, 0.15) is 0 Å². The first kappa shape index (κ1) is 16.5. The molecule has 0 N–H and O–H groups in total. The summed E-state index contributed by atoms with van der Waals surface area (Å²) < 4.78 is 5.40. The van der Waals surface area contributed by atoms with E-state index in [1.54, 1.807) is 6.08 Å². The van der Waals surface area contributed by atoms with Crippen molar-refractivity contribution in [2.75, 3.05) is 13.2 Å². The van der Waals surface area contributed by atoms with Gasteiger partial charge < -0.3 is 4.74 Å². The second-order valence-corrected chi connectivity index (χ2v) is 5.67. The fourth-order valence-electron chi connectivity index (χ4n) is 2.49. The SMILES string of the molecule is C=CCOCCCCc1ccc(Cc2cc[c]cc2C)cc1. The normalized spacial score (nSPS) is 10.6. The van der Waals surface area contributed by atoms with Crippen LogP contribution in [0.3, 0.4) is 0 Å². The number of aryl methyl sites for hydroxylation is 2. The first-order chi connectivity index (χ1) is 10.8. The molecule has 0 saturated heterocycles. The van der Waals surface area contributed by atoms with Gasteiger partial charge in [-0.3, -0.25) is 0 Å². The van der Waals surface area contributed by atoms with Gasteiger partial charge in [-0.25, -0.2) is 0 Å². The topological polar surface area (TPSA) is 9.23 Å². The zero-order valence-electron chi connectivity index (χ0n) is 13.5. The number of rotatable bonds is 9. The number of hydrogen-bond acceptors (Lipinski definition) is 1. The van der Waals surface area contributed by atoms with Gasteiger partial charge in [-0.1, -0.05) is 48.5 Å². The van der Waals surface area contributed by atoms with Gasteiger partial charge in [0.2, 0.25) is 0 Å². The highest BCUT2D eigenvalue weighted by atomic mass is 16.5. The molecule has 115 valence electrons. The van der Waals surface area contributed by atoms with Gasteiger partial charge in [-0.15, -0.1) is 6.58 Å². The standard InChI is InChI=1S/C21H25O/c1-3-15-22-16-7-6-9-19-11-13-20(14-12-19)17-21-10-5-4-8-18(21)2/h3,5,8,10-14H,1,6-7,9,15-17H2,2H3. The molecule has 0 heterocycles. The van der Waals surface area contributed by atoms with Gasteiger partial charge >= 0.3 is 0 Å². The van der Waals surface area contributed by atoms with Crippen molar-refractivity contribution in [1.82, 2.24) is 0 Å². The van der Waals surface area contributed by atoms with Gasteiger partial charge in [0.15, 0.2) is 0 Å². The molecule has 0 spiro atoms. The molecule has 0 amide bonds. The predicted molar refractivity (Wildman–Crippen MR) is 93.2 cm³/mol. The Balaban J connectivity index is 1.78. The fourth-order valence-corrected chi connectivity index (χ4v) is 2.49. The smallest absolute Gasteiger partial charge is 0.0644 e. The van der Waals surface area contributed by atoms with Crippen LogP contribution in [0.2, 0.25) is 0 Å². The van der Waals surface area contributed by atoms with Crippen molar-refractivity contribution < 1.29 is 4.74 Å². The summed E-state index contributed by atoms with van der Waals surface area (Å²) in [5.74, 6) is 0. The number of benzene rings is 2. The zero-order valence-corrected chi connectivity index (χ0v) is 13.5. The molecule has 0 fully saturated rings. The summed E-state index contributed by atoms with van der Waals surface area (Å²) in [5, 5.41) is 0. The molecule has 2 rings (SSSR count). The number of unbranched alkanes of at least 4 members (excludes halogenated alkanes) is 1. The molecule has 0 aliphatic carbocycles. The van der Waals surface area contributed by atoms with Crippen LogP contribution >= 0.6 is 0 Å². The van der Waals surface area contributed by atoms with E-state index < -0.39 is 0 Å². The molecule has 0 aliphatic rings. The molecule has 22 heavy (non-hydrogen) atoms. The number of hydrogen-bond donors (Lipinski definition) is 0. The first-order valence-corrected chi connectivity index (χ1v) is 8.01. The average molecular weight is 293 g/mol. The summed E-state index contributed by atoms with van der Waals surface area (Å²) in [6.45, 7) is 7.28. The quantitative estimate of drug-likeness (QED) is 0.471. The minimum Gasteiger partial charge on any atom is -0.377 e. The molecule has 1 radical (unpaired) electrons. The van der Waals surface area contributed by atoms with Crippen LogP contribution in [0, 0.1) is 13.0 Å². The van der Waals surface area contributed by atoms with E-state index >= 15 is 0 Å². The Labute approximate surface area is 134 Å².